The number of amides is 2. The Kier molecular flexibility index (Phi) is 4.57. The van der Waals surface area contributed by atoms with E-state index in [2.05, 4.69) is 27.6 Å². The largest absolute Gasteiger partial charge is 0.340 e. The molecule has 23 heavy (non-hydrogen) atoms. The minimum atomic E-state index is -0.682. The van der Waals surface area contributed by atoms with E-state index in [1.807, 2.05) is 35.2 Å². The van der Waals surface area contributed by atoms with Gasteiger partial charge < -0.3 is 15.1 Å². The monoisotopic (exact) mass is 315 g/mol. The predicted octanol–water partition coefficient (Wildman–Crippen LogP) is 0.117. The van der Waals surface area contributed by atoms with Gasteiger partial charge in [-0.15, -0.1) is 0 Å². The van der Waals surface area contributed by atoms with E-state index in [4.69, 9.17) is 0 Å². The van der Waals surface area contributed by atoms with E-state index in [1.54, 1.807) is 0 Å². The van der Waals surface area contributed by atoms with Crippen LogP contribution >= 0.6 is 0 Å². The van der Waals surface area contributed by atoms with Crippen LogP contribution in [0.2, 0.25) is 0 Å². The van der Waals surface area contributed by atoms with Gasteiger partial charge in [-0.05, 0) is 19.2 Å². The summed E-state index contributed by atoms with van der Waals surface area (Å²) in [5.41, 5.74) is 0.708. The first-order valence-electron chi connectivity index (χ1n) is 7.79. The molecule has 1 unspecified atom stereocenters. The number of piperazine rings is 1. The second-order valence-corrected chi connectivity index (χ2v) is 5.87. The number of nitrogens with one attached hydrogen (secondary N) is 2. The molecule has 7 heteroatoms. The summed E-state index contributed by atoms with van der Waals surface area (Å²) in [6.45, 7) is 3.41. The average Bonchev–Trinajstić information content (AvgIpc) is 2.56. The molecule has 0 spiro atoms. The molecule has 1 atom stereocenters. The Morgan fingerprint density at radius 3 is 2.61 bits per heavy atom. The van der Waals surface area contributed by atoms with Crippen molar-refractivity contribution in [2.45, 2.75) is 12.5 Å². The molecular weight excluding hydrogens is 294 g/mol. The zero-order chi connectivity index (χ0) is 16.2. The second kappa shape index (κ2) is 6.78. The van der Waals surface area contributed by atoms with Gasteiger partial charge in [0.05, 0.1) is 6.42 Å². The smallest absolute Gasteiger partial charge is 0.249 e. The van der Waals surface area contributed by atoms with Gasteiger partial charge in [0.15, 0.2) is 0 Å². The lowest BCUT2D eigenvalue weighted by Gasteiger charge is -2.36. The van der Waals surface area contributed by atoms with Crippen LogP contribution in [0.25, 0.3) is 0 Å². The first-order valence-corrected chi connectivity index (χ1v) is 7.79. The van der Waals surface area contributed by atoms with Crippen molar-refractivity contribution >= 4 is 23.5 Å². The lowest BCUT2D eigenvalue weighted by molar-refractivity contribution is -0.125. The molecule has 0 aromatic heterocycles. The van der Waals surface area contributed by atoms with Crippen LogP contribution < -0.4 is 10.6 Å². The summed E-state index contributed by atoms with van der Waals surface area (Å²) in [5, 5.41) is 5.60. The summed E-state index contributed by atoms with van der Waals surface area (Å²) >= 11 is 0. The van der Waals surface area contributed by atoms with E-state index < -0.39 is 6.04 Å². The lowest BCUT2D eigenvalue weighted by Crippen LogP contribution is -2.55. The SMILES string of the molecule is CN1CCN(C2=NC(C(=O)Nc3ccccc3)CC(=O)N2)CC1. The van der Waals surface area contributed by atoms with Gasteiger partial charge >= 0.3 is 0 Å². The summed E-state index contributed by atoms with van der Waals surface area (Å²) in [5.74, 6) is 0.0994. The van der Waals surface area contributed by atoms with Crippen LogP contribution in [0.3, 0.4) is 0 Å². The zero-order valence-corrected chi connectivity index (χ0v) is 13.2. The van der Waals surface area contributed by atoms with Crippen LogP contribution in [0.1, 0.15) is 6.42 Å². The highest BCUT2D eigenvalue weighted by atomic mass is 16.2. The summed E-state index contributed by atoms with van der Waals surface area (Å²) < 4.78 is 0. The first-order chi connectivity index (χ1) is 11.1. The Morgan fingerprint density at radius 1 is 1.22 bits per heavy atom. The maximum atomic E-state index is 12.4. The van der Waals surface area contributed by atoms with Gasteiger partial charge in [0.1, 0.15) is 6.04 Å². The maximum Gasteiger partial charge on any atom is 0.249 e. The fraction of sp³-hybridized carbons (Fsp3) is 0.438. The molecule has 1 aromatic carbocycles. The first kappa shape index (κ1) is 15.5. The number of likely N-dealkylation sites (N-methyl/N-ethyl adjacent to an activating group) is 1. The summed E-state index contributed by atoms with van der Waals surface area (Å²) in [6.07, 6.45) is 0.0793. The van der Waals surface area contributed by atoms with Gasteiger partial charge in [-0.25, -0.2) is 4.99 Å². The van der Waals surface area contributed by atoms with Crippen molar-refractivity contribution in [2.24, 2.45) is 4.99 Å². The molecule has 2 amide bonds. The molecule has 1 fully saturated rings. The quantitative estimate of drug-likeness (QED) is 0.812. The Balaban J connectivity index is 1.69. The molecule has 2 N–H and O–H groups in total. The molecule has 0 radical (unpaired) electrons. The highest BCUT2D eigenvalue weighted by Crippen LogP contribution is 2.12. The summed E-state index contributed by atoms with van der Waals surface area (Å²) in [4.78, 5) is 33.0. The topological polar surface area (TPSA) is 77.0 Å². The Morgan fingerprint density at radius 2 is 1.91 bits per heavy atom. The number of aliphatic imine (C=N–C) groups is 1. The number of para-hydroxylation sites is 1. The van der Waals surface area contributed by atoms with Crippen LogP contribution in [0, 0.1) is 0 Å². The molecule has 122 valence electrons. The second-order valence-electron chi connectivity index (χ2n) is 5.87. The van der Waals surface area contributed by atoms with E-state index in [0.29, 0.717) is 11.6 Å². The third kappa shape index (κ3) is 3.87. The number of benzene rings is 1. The Bertz CT molecular complexity index is 608. The number of hydrogen-bond acceptors (Lipinski definition) is 5. The van der Waals surface area contributed by atoms with Gasteiger partial charge in [-0.3, -0.25) is 14.9 Å². The molecule has 0 aliphatic carbocycles. The van der Waals surface area contributed by atoms with E-state index in [0.717, 1.165) is 26.2 Å². The molecule has 1 saturated heterocycles. The number of rotatable bonds is 2. The van der Waals surface area contributed by atoms with Gasteiger partial charge in [0.25, 0.3) is 0 Å². The highest BCUT2D eigenvalue weighted by molar-refractivity contribution is 6.05. The molecule has 2 aliphatic heterocycles. The molecule has 1 aromatic rings. The van der Waals surface area contributed by atoms with E-state index in [-0.39, 0.29) is 18.2 Å². The fourth-order valence-corrected chi connectivity index (χ4v) is 2.65. The number of nitrogens with zero attached hydrogens (tertiary/aromatic N) is 3. The van der Waals surface area contributed by atoms with E-state index in [1.165, 1.54) is 0 Å². The van der Waals surface area contributed by atoms with Crippen molar-refractivity contribution in [3.8, 4) is 0 Å². The lowest BCUT2D eigenvalue weighted by atomic mass is 10.1. The van der Waals surface area contributed by atoms with Crippen molar-refractivity contribution in [1.82, 2.24) is 15.1 Å². The number of carbonyl (C=O) groups is 2. The van der Waals surface area contributed by atoms with E-state index >= 15 is 0 Å². The Hall–Kier alpha value is -2.41. The van der Waals surface area contributed by atoms with Gasteiger partial charge in [0, 0.05) is 31.9 Å². The van der Waals surface area contributed by atoms with Crippen LogP contribution in [-0.2, 0) is 9.59 Å². The zero-order valence-electron chi connectivity index (χ0n) is 13.2. The van der Waals surface area contributed by atoms with Gasteiger partial charge in [0.2, 0.25) is 17.8 Å². The maximum absolute atomic E-state index is 12.4. The van der Waals surface area contributed by atoms with Crippen LogP contribution in [-0.4, -0.2) is 66.8 Å². The van der Waals surface area contributed by atoms with Crippen LogP contribution in [0.15, 0.2) is 35.3 Å². The third-order valence-corrected chi connectivity index (χ3v) is 4.05. The third-order valence-electron chi connectivity index (χ3n) is 4.05. The van der Waals surface area contributed by atoms with Crippen LogP contribution in [0.4, 0.5) is 5.69 Å². The number of guanidine groups is 1. The number of hydrogen-bond donors (Lipinski definition) is 2. The van der Waals surface area contributed by atoms with Crippen molar-refractivity contribution in [3.63, 3.8) is 0 Å². The van der Waals surface area contributed by atoms with Crippen molar-refractivity contribution in [3.05, 3.63) is 30.3 Å². The van der Waals surface area contributed by atoms with Gasteiger partial charge in [-0.1, -0.05) is 18.2 Å². The Labute approximate surface area is 135 Å². The normalized spacial score (nSPS) is 22.3. The summed E-state index contributed by atoms with van der Waals surface area (Å²) in [6, 6.07) is 8.52. The van der Waals surface area contributed by atoms with Gasteiger partial charge in [-0.2, -0.15) is 0 Å². The summed E-state index contributed by atoms with van der Waals surface area (Å²) in [7, 11) is 2.06. The molecule has 2 aliphatic rings. The molecular formula is C16H21N5O2. The molecule has 0 bridgehead atoms. The molecule has 7 nitrogen and oxygen atoms in total. The average molecular weight is 315 g/mol. The fourth-order valence-electron chi connectivity index (χ4n) is 2.65. The van der Waals surface area contributed by atoms with Crippen molar-refractivity contribution < 1.29 is 9.59 Å². The number of carbonyl (C=O) groups excluding carboxylic acids is 2. The molecule has 3 rings (SSSR count). The highest BCUT2D eigenvalue weighted by Gasteiger charge is 2.30. The molecule has 0 saturated carbocycles. The minimum absolute atomic E-state index is 0.0793. The van der Waals surface area contributed by atoms with E-state index in [9.17, 15) is 9.59 Å². The minimum Gasteiger partial charge on any atom is -0.340 e. The molecule has 2 heterocycles. The van der Waals surface area contributed by atoms with Crippen LogP contribution in [0.5, 0.6) is 0 Å². The van der Waals surface area contributed by atoms with Crippen molar-refractivity contribution in [2.75, 3.05) is 38.5 Å². The standard InChI is InChI=1S/C16H21N5O2/c1-20-7-9-21(10-8-20)16-18-13(11-14(22)19-16)15(23)17-12-5-3-2-4-6-12/h2-6,13H,7-11H2,1H3,(H,17,23)(H,18,19,22). The number of anilines is 1. The predicted molar refractivity (Wildman–Crippen MR) is 88.1 cm³/mol. The van der Waals surface area contributed by atoms with Crippen molar-refractivity contribution in [1.29, 1.82) is 0 Å².